The number of aromatic amines is 1. The number of carbonyl (C=O) groups is 1. The summed E-state index contributed by atoms with van der Waals surface area (Å²) in [7, 11) is 0. The second-order valence-electron chi connectivity index (χ2n) is 5.08. The number of fused-ring (bicyclic) bond motifs is 1. The zero-order chi connectivity index (χ0) is 17.3. The standard InChI is InChI=1S/C15H12F3N5O/c16-15(17,18)9-3-8(4-20-6-9)5-22-12-10-1-2-21-14(10)23-7-11(12)13(19)24/h1-4,6-7H,5H2,(H2,19,24)(H2,21,22,23). The number of primary amides is 1. The number of nitrogens with one attached hydrogen (secondary N) is 2. The molecule has 0 aliphatic heterocycles. The van der Waals surface area contributed by atoms with Gasteiger partial charge in [-0.2, -0.15) is 13.2 Å². The first-order chi connectivity index (χ1) is 11.4. The number of rotatable bonds is 4. The third kappa shape index (κ3) is 3.00. The minimum atomic E-state index is -4.47. The summed E-state index contributed by atoms with van der Waals surface area (Å²) in [6, 6.07) is 2.70. The number of anilines is 1. The van der Waals surface area contributed by atoms with Gasteiger partial charge in [0.25, 0.3) is 5.91 Å². The highest BCUT2D eigenvalue weighted by molar-refractivity contribution is 6.05. The molecule has 0 fully saturated rings. The molecule has 0 spiro atoms. The summed E-state index contributed by atoms with van der Waals surface area (Å²) in [6.45, 7) is 0.0431. The van der Waals surface area contributed by atoms with Crippen molar-refractivity contribution in [2.75, 3.05) is 5.32 Å². The molecule has 3 heterocycles. The number of aromatic nitrogens is 3. The topological polar surface area (TPSA) is 96.7 Å². The van der Waals surface area contributed by atoms with Crippen LogP contribution in [0.1, 0.15) is 21.5 Å². The highest BCUT2D eigenvalue weighted by Crippen LogP contribution is 2.30. The number of nitrogens with zero attached hydrogens (tertiary/aromatic N) is 2. The van der Waals surface area contributed by atoms with E-state index in [1.807, 2.05) is 0 Å². The molecule has 0 aliphatic rings. The summed E-state index contributed by atoms with van der Waals surface area (Å²) in [4.78, 5) is 22.1. The van der Waals surface area contributed by atoms with Crippen molar-refractivity contribution in [3.05, 3.63) is 53.6 Å². The minimum Gasteiger partial charge on any atom is -0.380 e. The fourth-order valence-electron chi connectivity index (χ4n) is 2.31. The van der Waals surface area contributed by atoms with Gasteiger partial charge in [0.1, 0.15) is 5.65 Å². The van der Waals surface area contributed by atoms with Crippen molar-refractivity contribution in [2.24, 2.45) is 5.73 Å². The monoisotopic (exact) mass is 335 g/mol. The van der Waals surface area contributed by atoms with Crippen molar-refractivity contribution in [2.45, 2.75) is 12.7 Å². The minimum absolute atomic E-state index is 0.0431. The van der Waals surface area contributed by atoms with Crippen molar-refractivity contribution in [1.29, 1.82) is 0 Å². The smallest absolute Gasteiger partial charge is 0.380 e. The van der Waals surface area contributed by atoms with Gasteiger partial charge in [-0.05, 0) is 17.7 Å². The van der Waals surface area contributed by atoms with Gasteiger partial charge in [0.2, 0.25) is 0 Å². The van der Waals surface area contributed by atoms with E-state index in [0.29, 0.717) is 22.3 Å². The number of halogens is 3. The Bertz CT molecular complexity index is 904. The number of hydrogen-bond acceptors (Lipinski definition) is 4. The van der Waals surface area contributed by atoms with Gasteiger partial charge in [0.15, 0.2) is 0 Å². The second kappa shape index (κ2) is 5.84. The molecule has 3 aromatic heterocycles. The molecular weight excluding hydrogens is 323 g/mol. The van der Waals surface area contributed by atoms with Crippen molar-refractivity contribution >= 4 is 22.6 Å². The summed E-state index contributed by atoms with van der Waals surface area (Å²) in [5.74, 6) is -0.685. The molecule has 0 atom stereocenters. The molecule has 1 amide bonds. The first-order valence-corrected chi connectivity index (χ1v) is 6.87. The van der Waals surface area contributed by atoms with E-state index in [1.165, 1.54) is 12.4 Å². The highest BCUT2D eigenvalue weighted by Gasteiger charge is 2.31. The molecule has 3 rings (SSSR count). The van der Waals surface area contributed by atoms with Crippen molar-refractivity contribution in [1.82, 2.24) is 15.0 Å². The van der Waals surface area contributed by atoms with Crippen LogP contribution in [0.5, 0.6) is 0 Å². The number of amides is 1. The lowest BCUT2D eigenvalue weighted by Gasteiger charge is -2.12. The predicted molar refractivity (Wildman–Crippen MR) is 81.2 cm³/mol. The molecular formula is C15H12F3N5O. The number of hydrogen-bond donors (Lipinski definition) is 3. The number of alkyl halides is 3. The molecule has 0 unspecified atom stereocenters. The van der Waals surface area contributed by atoms with Crippen LogP contribution in [0.2, 0.25) is 0 Å². The van der Waals surface area contributed by atoms with E-state index in [-0.39, 0.29) is 12.1 Å². The average Bonchev–Trinajstić information content (AvgIpc) is 3.00. The number of carbonyl (C=O) groups excluding carboxylic acids is 1. The van der Waals surface area contributed by atoms with Crippen molar-refractivity contribution in [3.63, 3.8) is 0 Å². The largest absolute Gasteiger partial charge is 0.417 e. The van der Waals surface area contributed by atoms with Crippen LogP contribution >= 0.6 is 0 Å². The molecule has 0 aliphatic carbocycles. The van der Waals surface area contributed by atoms with Gasteiger partial charge in [-0.15, -0.1) is 0 Å². The maximum absolute atomic E-state index is 12.7. The van der Waals surface area contributed by atoms with Crippen LogP contribution in [-0.2, 0) is 12.7 Å². The molecule has 3 aromatic rings. The Morgan fingerprint density at radius 1 is 1.29 bits per heavy atom. The SMILES string of the molecule is NC(=O)c1cnc2[nH]ccc2c1NCc1cncc(C(F)(F)F)c1. The van der Waals surface area contributed by atoms with Crippen LogP contribution in [0, 0.1) is 0 Å². The first-order valence-electron chi connectivity index (χ1n) is 6.87. The summed E-state index contributed by atoms with van der Waals surface area (Å²) in [6.07, 6.45) is 0.566. The Morgan fingerprint density at radius 3 is 2.79 bits per heavy atom. The molecule has 0 radical (unpaired) electrons. The third-order valence-corrected chi connectivity index (χ3v) is 3.44. The van der Waals surface area contributed by atoms with E-state index in [9.17, 15) is 18.0 Å². The molecule has 24 heavy (non-hydrogen) atoms. The third-order valence-electron chi connectivity index (χ3n) is 3.44. The Hall–Kier alpha value is -3.10. The van der Waals surface area contributed by atoms with Gasteiger partial charge in [-0.25, -0.2) is 4.98 Å². The molecule has 4 N–H and O–H groups in total. The molecule has 0 saturated heterocycles. The Labute approximate surface area is 133 Å². The van der Waals surface area contributed by atoms with Gasteiger partial charge in [0.05, 0.1) is 16.8 Å². The van der Waals surface area contributed by atoms with E-state index >= 15 is 0 Å². The number of nitrogens with two attached hydrogens (primary N) is 1. The second-order valence-corrected chi connectivity index (χ2v) is 5.08. The van der Waals surface area contributed by atoms with Crippen LogP contribution in [0.4, 0.5) is 18.9 Å². The van der Waals surface area contributed by atoms with E-state index in [2.05, 4.69) is 20.3 Å². The number of H-pyrrole nitrogens is 1. The predicted octanol–water partition coefficient (Wildman–Crippen LogP) is 2.69. The van der Waals surface area contributed by atoms with E-state index in [1.54, 1.807) is 12.3 Å². The molecule has 9 heteroatoms. The lowest BCUT2D eigenvalue weighted by molar-refractivity contribution is -0.137. The normalized spacial score (nSPS) is 11.6. The maximum Gasteiger partial charge on any atom is 0.417 e. The lowest BCUT2D eigenvalue weighted by Crippen LogP contribution is -2.15. The van der Waals surface area contributed by atoms with E-state index in [0.717, 1.165) is 12.3 Å². The Balaban J connectivity index is 1.92. The summed E-state index contributed by atoms with van der Waals surface area (Å²) in [5.41, 5.74) is 5.91. The molecule has 124 valence electrons. The van der Waals surface area contributed by atoms with E-state index in [4.69, 9.17) is 5.73 Å². The Morgan fingerprint density at radius 2 is 2.08 bits per heavy atom. The van der Waals surface area contributed by atoms with Crippen LogP contribution in [0.25, 0.3) is 11.0 Å². The Kier molecular flexibility index (Phi) is 3.84. The van der Waals surface area contributed by atoms with Crippen LogP contribution in [0.3, 0.4) is 0 Å². The van der Waals surface area contributed by atoms with Gasteiger partial charge >= 0.3 is 6.18 Å². The van der Waals surface area contributed by atoms with Crippen LogP contribution < -0.4 is 11.1 Å². The molecule has 0 saturated carbocycles. The average molecular weight is 335 g/mol. The molecule has 0 aromatic carbocycles. The zero-order valence-corrected chi connectivity index (χ0v) is 12.2. The lowest BCUT2D eigenvalue weighted by atomic mass is 10.1. The first kappa shape index (κ1) is 15.8. The fraction of sp³-hybridized carbons (Fsp3) is 0.133. The van der Waals surface area contributed by atoms with Gasteiger partial charge in [-0.1, -0.05) is 0 Å². The quantitative estimate of drug-likeness (QED) is 0.683. The zero-order valence-electron chi connectivity index (χ0n) is 12.2. The van der Waals surface area contributed by atoms with Crippen LogP contribution in [0.15, 0.2) is 36.9 Å². The van der Waals surface area contributed by atoms with Crippen molar-refractivity contribution in [3.8, 4) is 0 Å². The van der Waals surface area contributed by atoms with E-state index < -0.39 is 17.6 Å². The summed E-state index contributed by atoms with van der Waals surface area (Å²) in [5, 5.41) is 3.57. The molecule has 0 bridgehead atoms. The van der Waals surface area contributed by atoms with Gasteiger partial charge < -0.3 is 16.0 Å². The number of pyridine rings is 2. The molecule has 6 nitrogen and oxygen atoms in total. The highest BCUT2D eigenvalue weighted by atomic mass is 19.4. The fourth-order valence-corrected chi connectivity index (χ4v) is 2.31. The maximum atomic E-state index is 12.7. The van der Waals surface area contributed by atoms with Crippen molar-refractivity contribution < 1.29 is 18.0 Å². The summed E-state index contributed by atoms with van der Waals surface area (Å²) >= 11 is 0. The van der Waals surface area contributed by atoms with Crippen LogP contribution in [-0.4, -0.2) is 20.9 Å². The van der Waals surface area contributed by atoms with Gasteiger partial charge in [0, 0.05) is 36.7 Å². The van der Waals surface area contributed by atoms with Gasteiger partial charge in [-0.3, -0.25) is 9.78 Å². The summed E-state index contributed by atoms with van der Waals surface area (Å²) < 4.78 is 38.2.